The van der Waals surface area contributed by atoms with Gasteiger partial charge in [0, 0.05) is 17.5 Å². The zero-order valence-electron chi connectivity index (χ0n) is 28.5. The topological polar surface area (TPSA) is 192 Å². The van der Waals surface area contributed by atoms with E-state index < -0.39 is 45.9 Å². The Hall–Kier alpha value is -5.13. The van der Waals surface area contributed by atoms with Crippen LogP contribution in [-0.4, -0.2) is 67.8 Å². The molecule has 3 aliphatic rings. The Morgan fingerprint density at radius 3 is 2.25 bits per heavy atom. The lowest BCUT2D eigenvalue weighted by Crippen LogP contribution is -2.39. The number of hydrogen-bond acceptors (Lipinski definition) is 12. The summed E-state index contributed by atoms with van der Waals surface area (Å²) >= 11 is 6.04. The minimum atomic E-state index is -4.35. The van der Waals surface area contributed by atoms with Crippen molar-refractivity contribution in [3.05, 3.63) is 81.6 Å². The second-order valence-electron chi connectivity index (χ2n) is 12.2. The number of ether oxygens (including phenoxy) is 4. The molecule has 1 aromatic heterocycles. The predicted octanol–water partition coefficient (Wildman–Crippen LogP) is 5.74. The van der Waals surface area contributed by atoms with Gasteiger partial charge < -0.3 is 18.9 Å². The number of aryl methyl sites for hydroxylation is 2. The third-order valence-corrected chi connectivity index (χ3v) is 9.46. The summed E-state index contributed by atoms with van der Waals surface area (Å²) in [5.41, 5.74) is 1.35. The molecule has 1 aliphatic carbocycles. The number of nitrogens with zero attached hydrogens (tertiary/aromatic N) is 3. The molecule has 0 bridgehead atoms. The van der Waals surface area contributed by atoms with Crippen molar-refractivity contribution in [2.75, 3.05) is 23.4 Å². The summed E-state index contributed by atoms with van der Waals surface area (Å²) in [6.45, 7) is 7.22. The van der Waals surface area contributed by atoms with Gasteiger partial charge in [-0.25, -0.2) is 46.8 Å². The molecule has 0 radical (unpaired) electrons. The number of aromatic nitrogens is 2. The van der Waals surface area contributed by atoms with E-state index in [2.05, 4.69) is 15.3 Å². The Morgan fingerprint density at radius 1 is 1.00 bits per heavy atom. The van der Waals surface area contributed by atoms with Crippen LogP contribution in [0.1, 0.15) is 61.3 Å². The van der Waals surface area contributed by atoms with Gasteiger partial charge in [0.25, 0.3) is 10.0 Å². The van der Waals surface area contributed by atoms with E-state index in [1.165, 1.54) is 30.3 Å². The number of hydrogen-bond donors (Lipinski definition) is 2. The number of allylic oxidation sites excluding steroid dienone is 1. The molecule has 3 aromatic rings. The summed E-state index contributed by atoms with van der Waals surface area (Å²) in [5, 5.41) is 2.37. The van der Waals surface area contributed by atoms with Gasteiger partial charge >= 0.3 is 24.0 Å². The Balaban J connectivity index is 0.000000203. The zero-order chi connectivity index (χ0) is 37.7. The van der Waals surface area contributed by atoms with Crippen molar-refractivity contribution in [1.82, 2.24) is 14.7 Å². The second kappa shape index (κ2) is 16.0. The number of esters is 1. The normalized spacial score (nSPS) is 16.0. The highest BCUT2D eigenvalue weighted by molar-refractivity contribution is 7.90. The van der Waals surface area contributed by atoms with Gasteiger partial charge in [0.15, 0.2) is 5.76 Å². The Bertz CT molecular complexity index is 2030. The average molecular weight is 760 g/mol. The molecule has 3 heterocycles. The summed E-state index contributed by atoms with van der Waals surface area (Å²) in [6.07, 6.45) is 2.58. The number of urea groups is 1. The van der Waals surface area contributed by atoms with Gasteiger partial charge in [-0.05, 0) is 83.2 Å². The number of carbonyl (C=O) groups excluding carboxylic acids is 4. The fraction of sp³-hybridized carbons (Fsp3) is 0.353. The predicted molar refractivity (Wildman–Crippen MR) is 184 cm³/mol. The number of anilines is 2. The first-order valence-electron chi connectivity index (χ1n) is 16.1. The van der Waals surface area contributed by atoms with E-state index in [1.54, 1.807) is 33.8 Å². The van der Waals surface area contributed by atoms with Crippen LogP contribution in [-0.2, 0) is 29.0 Å². The summed E-state index contributed by atoms with van der Waals surface area (Å²) in [5.74, 6) is -2.18. The maximum Gasteiger partial charge on any atom is 0.427 e. The van der Waals surface area contributed by atoms with E-state index in [0.29, 0.717) is 21.9 Å². The first-order valence-corrected chi connectivity index (χ1v) is 17.9. The summed E-state index contributed by atoms with van der Waals surface area (Å²) in [4.78, 5) is 57.0. The highest BCUT2D eigenvalue weighted by Crippen LogP contribution is 2.37. The lowest BCUT2D eigenvalue weighted by atomic mass is 10.2. The van der Waals surface area contributed by atoms with Gasteiger partial charge in [-0.2, -0.15) is 0 Å². The molecule has 6 rings (SSSR count). The van der Waals surface area contributed by atoms with Crippen molar-refractivity contribution in [3.8, 4) is 5.75 Å². The SMILES string of the molecule is CC(C)=C1OC(=O)N(c2cc(OC3CCCC3)c(Cl)cc2F)C1=O.Cc1cc(C)nc(NC(=O)NS(=O)(=O)c2ccccc2C(=O)OC2COC2)n1. The van der Waals surface area contributed by atoms with Crippen molar-refractivity contribution in [1.29, 1.82) is 0 Å². The maximum atomic E-state index is 14.3. The number of imide groups is 1. The number of sulfonamides is 1. The molecule has 18 heteroatoms. The summed E-state index contributed by atoms with van der Waals surface area (Å²) in [7, 11) is -4.35. The molecular formula is C34H35ClFN5O10S. The van der Waals surface area contributed by atoms with E-state index in [-0.39, 0.29) is 57.9 Å². The third-order valence-electron chi connectivity index (χ3n) is 7.77. The van der Waals surface area contributed by atoms with Crippen LogP contribution in [0.4, 0.5) is 25.6 Å². The standard InChI is InChI=1S/C17H17ClFNO4.C17H18N4O6S/c1-9(2)15-16(21)20(17(22)24-15)13-8-14(11(18)7-12(13)19)23-10-5-3-4-6-10;1-10-7-11(2)19-16(18-10)20-17(23)21-28(24,25)14-6-4-3-5-13(14)15(22)27-12-8-26-9-12/h7-8,10H,3-6H2,1-2H3;3-7,12H,8-9H2,1-2H3,(H2,18,19,20,21,23). The summed E-state index contributed by atoms with van der Waals surface area (Å²) in [6, 6.07) is 8.41. The van der Waals surface area contributed by atoms with Gasteiger partial charge in [-0.15, -0.1) is 0 Å². The molecule has 2 saturated heterocycles. The molecule has 0 atom stereocenters. The number of nitrogens with one attached hydrogen (secondary N) is 2. The van der Waals surface area contributed by atoms with Gasteiger partial charge in [0.2, 0.25) is 5.95 Å². The Kier molecular flexibility index (Phi) is 11.8. The molecule has 0 unspecified atom stereocenters. The van der Waals surface area contributed by atoms with Crippen molar-refractivity contribution in [2.45, 2.75) is 70.5 Å². The molecule has 4 amide bonds. The molecule has 52 heavy (non-hydrogen) atoms. The molecule has 2 aromatic carbocycles. The third kappa shape index (κ3) is 9.02. The lowest BCUT2D eigenvalue weighted by molar-refractivity contribution is -0.114. The van der Waals surface area contributed by atoms with E-state index in [4.69, 9.17) is 30.5 Å². The highest BCUT2D eigenvalue weighted by Gasteiger charge is 2.40. The summed E-state index contributed by atoms with van der Waals surface area (Å²) < 4.78 is 62.2. The lowest BCUT2D eigenvalue weighted by Gasteiger charge is -2.25. The van der Waals surface area contributed by atoms with Crippen molar-refractivity contribution < 1.29 is 50.9 Å². The van der Waals surface area contributed by atoms with Crippen LogP contribution >= 0.6 is 11.6 Å². The van der Waals surface area contributed by atoms with Gasteiger partial charge in [-0.3, -0.25) is 10.1 Å². The molecule has 2 aliphatic heterocycles. The molecule has 2 N–H and O–H groups in total. The van der Waals surface area contributed by atoms with Crippen molar-refractivity contribution >= 4 is 57.3 Å². The van der Waals surface area contributed by atoms with Crippen molar-refractivity contribution in [2.24, 2.45) is 0 Å². The van der Waals surface area contributed by atoms with Crippen LogP contribution in [0.25, 0.3) is 0 Å². The smallest absolute Gasteiger partial charge is 0.427 e. The number of carbonyl (C=O) groups is 4. The van der Waals surface area contributed by atoms with Crippen LogP contribution in [0.2, 0.25) is 5.02 Å². The van der Waals surface area contributed by atoms with Crippen LogP contribution in [0, 0.1) is 19.7 Å². The van der Waals surface area contributed by atoms with E-state index in [0.717, 1.165) is 31.7 Å². The quantitative estimate of drug-likeness (QED) is 0.210. The fourth-order valence-electron chi connectivity index (χ4n) is 5.30. The maximum absolute atomic E-state index is 14.3. The number of rotatable bonds is 8. The zero-order valence-corrected chi connectivity index (χ0v) is 30.1. The van der Waals surface area contributed by atoms with E-state index in [1.807, 2.05) is 4.72 Å². The molecule has 3 fully saturated rings. The van der Waals surface area contributed by atoms with E-state index in [9.17, 15) is 32.0 Å². The number of cyclic esters (lactones) is 1. The number of benzene rings is 2. The first kappa shape index (κ1) is 38.1. The second-order valence-corrected chi connectivity index (χ2v) is 14.2. The van der Waals surface area contributed by atoms with Crippen LogP contribution in [0.15, 0.2) is 58.7 Å². The van der Waals surface area contributed by atoms with E-state index >= 15 is 0 Å². The molecule has 0 spiro atoms. The minimum absolute atomic E-state index is 0.00962. The Labute approximate surface area is 303 Å². The molecule has 15 nitrogen and oxygen atoms in total. The number of halogens is 2. The molecular weight excluding hydrogens is 725 g/mol. The fourth-order valence-corrected chi connectivity index (χ4v) is 6.60. The first-order chi connectivity index (χ1) is 24.6. The number of amides is 4. The largest absolute Gasteiger partial charge is 0.489 e. The van der Waals surface area contributed by atoms with Crippen LogP contribution in [0.3, 0.4) is 0 Å². The van der Waals surface area contributed by atoms with Crippen molar-refractivity contribution in [3.63, 3.8) is 0 Å². The van der Waals surface area contributed by atoms with Crippen LogP contribution in [0.5, 0.6) is 5.75 Å². The molecule has 276 valence electrons. The van der Waals surface area contributed by atoms with Gasteiger partial charge in [0.1, 0.15) is 22.6 Å². The monoisotopic (exact) mass is 759 g/mol. The van der Waals surface area contributed by atoms with Crippen LogP contribution < -0.4 is 19.7 Å². The Morgan fingerprint density at radius 2 is 1.65 bits per heavy atom. The average Bonchev–Trinajstić information content (AvgIpc) is 3.66. The minimum Gasteiger partial charge on any atom is -0.489 e. The molecule has 1 saturated carbocycles. The highest BCUT2D eigenvalue weighted by atomic mass is 35.5. The van der Waals surface area contributed by atoms with Gasteiger partial charge in [0.05, 0.1) is 35.6 Å². The van der Waals surface area contributed by atoms with Gasteiger partial charge in [-0.1, -0.05) is 23.7 Å².